The Labute approximate surface area is 216 Å². The number of sulfonamides is 1. The maximum atomic E-state index is 13.7. The molecule has 182 valence electrons. The van der Waals surface area contributed by atoms with E-state index in [4.69, 9.17) is 32.9 Å². The summed E-state index contributed by atoms with van der Waals surface area (Å²) in [4.78, 5) is 20.1. The van der Waals surface area contributed by atoms with Gasteiger partial charge in [0.2, 0.25) is 5.91 Å². The summed E-state index contributed by atoms with van der Waals surface area (Å²) in [5.41, 5.74) is 0.796. The summed E-state index contributed by atoms with van der Waals surface area (Å²) in [7, 11) is -3.60. The Morgan fingerprint density at radius 2 is 1.94 bits per heavy atom. The fourth-order valence-corrected chi connectivity index (χ4v) is 8.75. The largest absolute Gasteiger partial charge is 0.376 e. The fourth-order valence-electron chi connectivity index (χ4n) is 4.38. The third kappa shape index (κ3) is 5.00. The van der Waals surface area contributed by atoms with Gasteiger partial charge in [-0.25, -0.2) is 13.4 Å². The molecule has 1 amide bonds. The standard InChI is InChI=1S/C22H23Cl2N3O4S3/c23-15-3-4-17-18(12-15)32-22(25-17)27(13-16-2-1-11-31-16)21(28)14-7-9-26(10-8-14)34(29,30)20-6-5-19(24)33-20/h3-6,12,14,16H,1-2,7-11,13H2. The maximum Gasteiger partial charge on any atom is 0.252 e. The number of hydrogen-bond donors (Lipinski definition) is 0. The molecule has 2 fully saturated rings. The Hall–Kier alpha value is -1.27. The fraction of sp³-hybridized carbons (Fsp3) is 0.455. The zero-order valence-electron chi connectivity index (χ0n) is 18.2. The van der Waals surface area contributed by atoms with Crippen molar-refractivity contribution in [2.45, 2.75) is 36.0 Å². The van der Waals surface area contributed by atoms with Gasteiger partial charge in [-0.2, -0.15) is 4.31 Å². The van der Waals surface area contributed by atoms with Crippen LogP contribution < -0.4 is 4.90 Å². The highest BCUT2D eigenvalue weighted by atomic mass is 35.5. The van der Waals surface area contributed by atoms with Crippen LogP contribution in [0.4, 0.5) is 5.13 Å². The number of aromatic nitrogens is 1. The molecule has 4 heterocycles. The number of hydrogen-bond acceptors (Lipinski definition) is 7. The molecule has 2 saturated heterocycles. The molecule has 12 heteroatoms. The highest BCUT2D eigenvalue weighted by molar-refractivity contribution is 7.91. The number of anilines is 1. The van der Waals surface area contributed by atoms with Gasteiger partial charge in [-0.1, -0.05) is 34.5 Å². The Kier molecular flexibility index (Phi) is 7.19. The van der Waals surface area contributed by atoms with Gasteiger partial charge >= 0.3 is 0 Å². The van der Waals surface area contributed by atoms with Crippen molar-refractivity contribution in [2.24, 2.45) is 5.92 Å². The highest BCUT2D eigenvalue weighted by Crippen LogP contribution is 2.35. The first kappa shape index (κ1) is 24.4. The number of thiazole rings is 1. The van der Waals surface area contributed by atoms with E-state index < -0.39 is 10.0 Å². The van der Waals surface area contributed by atoms with Gasteiger partial charge in [0.1, 0.15) is 4.21 Å². The van der Waals surface area contributed by atoms with E-state index >= 15 is 0 Å². The second kappa shape index (κ2) is 10.0. The Morgan fingerprint density at radius 1 is 1.15 bits per heavy atom. The molecule has 3 aromatic rings. The average molecular weight is 561 g/mol. The van der Waals surface area contributed by atoms with Crippen molar-refractivity contribution in [3.8, 4) is 0 Å². The number of amides is 1. The van der Waals surface area contributed by atoms with Crippen molar-refractivity contribution >= 4 is 77.2 Å². The molecule has 2 aliphatic heterocycles. The van der Waals surface area contributed by atoms with Crippen LogP contribution in [0.3, 0.4) is 0 Å². The quantitative estimate of drug-likeness (QED) is 0.410. The molecule has 0 radical (unpaired) electrons. The molecule has 1 aromatic carbocycles. The van der Waals surface area contributed by atoms with Gasteiger partial charge in [-0.3, -0.25) is 9.69 Å². The molecule has 1 unspecified atom stereocenters. The molecule has 2 aromatic heterocycles. The zero-order valence-corrected chi connectivity index (χ0v) is 22.1. The number of carbonyl (C=O) groups is 1. The topological polar surface area (TPSA) is 79.8 Å². The van der Waals surface area contributed by atoms with Crippen LogP contribution in [0.1, 0.15) is 25.7 Å². The predicted octanol–water partition coefficient (Wildman–Crippen LogP) is 5.28. The van der Waals surface area contributed by atoms with Gasteiger partial charge in [-0.15, -0.1) is 11.3 Å². The number of rotatable bonds is 6. The normalized spacial score (nSPS) is 20.2. The second-order valence-electron chi connectivity index (χ2n) is 8.43. The molecule has 5 rings (SSSR count). The zero-order chi connectivity index (χ0) is 23.9. The van der Waals surface area contributed by atoms with Crippen LogP contribution in [0.5, 0.6) is 0 Å². The highest BCUT2D eigenvalue weighted by Gasteiger charge is 2.36. The number of halogens is 2. The molecule has 0 N–H and O–H groups in total. The summed E-state index contributed by atoms with van der Waals surface area (Å²) >= 11 is 14.6. The third-order valence-corrected chi connectivity index (χ3v) is 11.1. The van der Waals surface area contributed by atoms with Crippen LogP contribution in [0.25, 0.3) is 10.2 Å². The maximum absolute atomic E-state index is 13.7. The summed E-state index contributed by atoms with van der Waals surface area (Å²) in [5, 5.41) is 1.25. The lowest BCUT2D eigenvalue weighted by Crippen LogP contribution is -2.46. The van der Waals surface area contributed by atoms with E-state index in [-0.39, 0.29) is 35.2 Å². The number of benzene rings is 1. The SMILES string of the molecule is O=C(C1CCN(S(=O)(=O)c2ccc(Cl)s2)CC1)N(CC1CCCO1)c1nc2ccc(Cl)cc2s1. The van der Waals surface area contributed by atoms with Crippen LogP contribution >= 0.6 is 45.9 Å². The first-order valence-electron chi connectivity index (χ1n) is 11.1. The van der Waals surface area contributed by atoms with E-state index in [1.165, 1.54) is 21.7 Å². The van der Waals surface area contributed by atoms with Crippen LogP contribution in [-0.4, -0.2) is 56.0 Å². The predicted molar refractivity (Wildman–Crippen MR) is 137 cm³/mol. The first-order valence-corrected chi connectivity index (χ1v) is 14.9. The van der Waals surface area contributed by atoms with Crippen molar-refractivity contribution in [3.63, 3.8) is 0 Å². The summed E-state index contributed by atoms with van der Waals surface area (Å²) in [5.74, 6) is -0.313. The third-order valence-electron chi connectivity index (χ3n) is 6.19. The molecule has 0 aliphatic carbocycles. The lowest BCUT2D eigenvalue weighted by molar-refractivity contribution is -0.123. The molecular weight excluding hydrogens is 537 g/mol. The van der Waals surface area contributed by atoms with Crippen molar-refractivity contribution in [1.82, 2.24) is 9.29 Å². The Morgan fingerprint density at radius 3 is 2.62 bits per heavy atom. The van der Waals surface area contributed by atoms with Gasteiger partial charge in [-0.05, 0) is 56.0 Å². The number of fused-ring (bicyclic) bond motifs is 1. The number of thiophene rings is 1. The van der Waals surface area contributed by atoms with Crippen molar-refractivity contribution < 1.29 is 17.9 Å². The van der Waals surface area contributed by atoms with E-state index in [0.29, 0.717) is 40.5 Å². The van der Waals surface area contributed by atoms with Crippen molar-refractivity contribution in [1.29, 1.82) is 0 Å². The lowest BCUT2D eigenvalue weighted by atomic mass is 9.96. The lowest BCUT2D eigenvalue weighted by Gasteiger charge is -2.33. The van der Waals surface area contributed by atoms with E-state index in [1.807, 2.05) is 12.1 Å². The summed E-state index contributed by atoms with van der Waals surface area (Å²) in [6.45, 7) is 1.72. The minimum Gasteiger partial charge on any atom is -0.376 e. The van der Waals surface area contributed by atoms with Crippen molar-refractivity contribution in [3.05, 3.63) is 39.7 Å². The van der Waals surface area contributed by atoms with E-state index in [0.717, 1.165) is 34.4 Å². The van der Waals surface area contributed by atoms with Crippen molar-refractivity contribution in [2.75, 3.05) is 31.1 Å². The minimum atomic E-state index is -3.60. The van der Waals surface area contributed by atoms with Crippen LogP contribution in [0, 0.1) is 5.92 Å². The number of carbonyl (C=O) groups excluding carboxylic acids is 1. The smallest absolute Gasteiger partial charge is 0.252 e. The van der Waals surface area contributed by atoms with Crippen LogP contribution in [0.15, 0.2) is 34.5 Å². The number of nitrogens with zero attached hydrogens (tertiary/aromatic N) is 3. The average Bonchev–Trinajstić information content (AvgIpc) is 3.58. The van der Waals surface area contributed by atoms with E-state index in [2.05, 4.69) is 0 Å². The van der Waals surface area contributed by atoms with Crippen LogP contribution in [0.2, 0.25) is 9.36 Å². The molecular formula is C22H23Cl2N3O4S3. The molecule has 0 spiro atoms. The van der Waals surface area contributed by atoms with Gasteiger partial charge < -0.3 is 4.74 Å². The first-order chi connectivity index (χ1) is 16.3. The van der Waals surface area contributed by atoms with Gasteiger partial charge in [0.15, 0.2) is 5.13 Å². The van der Waals surface area contributed by atoms with Gasteiger partial charge in [0.05, 0.1) is 27.2 Å². The monoisotopic (exact) mass is 559 g/mol. The summed E-state index contributed by atoms with van der Waals surface area (Å²) < 4.78 is 34.7. The molecule has 1 atom stereocenters. The van der Waals surface area contributed by atoms with E-state index in [1.54, 1.807) is 17.0 Å². The van der Waals surface area contributed by atoms with E-state index in [9.17, 15) is 13.2 Å². The Balaban J connectivity index is 1.34. The number of piperidine rings is 1. The minimum absolute atomic E-state index is 0.0244. The van der Waals surface area contributed by atoms with Crippen LogP contribution in [-0.2, 0) is 19.6 Å². The molecule has 34 heavy (non-hydrogen) atoms. The molecule has 0 saturated carbocycles. The Bertz CT molecular complexity index is 1300. The second-order valence-corrected chi connectivity index (χ2v) is 13.8. The summed E-state index contributed by atoms with van der Waals surface area (Å²) in [6.07, 6.45) is 2.76. The van der Waals surface area contributed by atoms with Gasteiger partial charge in [0.25, 0.3) is 10.0 Å². The molecule has 0 bridgehead atoms. The van der Waals surface area contributed by atoms with Gasteiger partial charge in [0, 0.05) is 30.6 Å². The number of ether oxygens (including phenoxy) is 1. The molecule has 2 aliphatic rings. The summed E-state index contributed by atoms with van der Waals surface area (Å²) in [6, 6.07) is 8.61. The molecule has 7 nitrogen and oxygen atoms in total.